The van der Waals surface area contributed by atoms with Gasteiger partial charge in [-0.3, -0.25) is 0 Å². The van der Waals surface area contributed by atoms with Crippen LogP contribution in [-0.4, -0.2) is 0 Å². The van der Waals surface area contributed by atoms with Crippen LogP contribution >= 0.6 is 34.0 Å². The second-order valence-electron chi connectivity index (χ2n) is 12.2. The molecular weight excluding hydrogens is 639 g/mol. The van der Waals surface area contributed by atoms with Crippen LogP contribution in [0.3, 0.4) is 0 Å². The fraction of sp³-hybridized carbons (Fsp3) is 0. The van der Waals surface area contributed by atoms with Crippen molar-refractivity contribution in [1.29, 1.82) is 0 Å². The lowest BCUT2D eigenvalue weighted by Crippen LogP contribution is -2.09. The van der Waals surface area contributed by atoms with Gasteiger partial charge >= 0.3 is 0 Å². The lowest BCUT2D eigenvalue weighted by atomic mass is 10.1. The number of rotatable bonds is 5. The molecule has 226 valence electrons. The summed E-state index contributed by atoms with van der Waals surface area (Å²) in [5.41, 5.74) is 5.92. The summed E-state index contributed by atoms with van der Waals surface area (Å²) in [4.78, 5) is 4.98. The van der Waals surface area contributed by atoms with Gasteiger partial charge in [-0.1, -0.05) is 91.0 Å². The number of thiophene rings is 3. The highest BCUT2D eigenvalue weighted by atomic mass is 32.1. The number of fused-ring (bicyclic) bond motifs is 6. The molecule has 0 radical (unpaired) electrons. The van der Waals surface area contributed by atoms with Crippen molar-refractivity contribution in [3.8, 4) is 20.9 Å². The van der Waals surface area contributed by atoms with Gasteiger partial charge in [0.15, 0.2) is 0 Å². The Balaban J connectivity index is 1.08. The van der Waals surface area contributed by atoms with Crippen molar-refractivity contribution in [2.24, 2.45) is 0 Å². The molecule has 48 heavy (non-hydrogen) atoms. The first kappa shape index (κ1) is 27.8. The Labute approximate surface area is 290 Å². The number of anilines is 3. The van der Waals surface area contributed by atoms with Crippen molar-refractivity contribution in [3.63, 3.8) is 0 Å². The number of hydrogen-bond acceptors (Lipinski definition) is 4. The highest BCUT2D eigenvalue weighted by Crippen LogP contribution is 2.43. The Morgan fingerprint density at radius 3 is 1.35 bits per heavy atom. The Hall–Kier alpha value is -5.26. The third-order valence-electron chi connectivity index (χ3n) is 9.25. The van der Waals surface area contributed by atoms with Crippen LogP contribution in [0.15, 0.2) is 164 Å². The minimum Gasteiger partial charge on any atom is -0.310 e. The fourth-order valence-electron chi connectivity index (χ4n) is 6.83. The maximum absolute atomic E-state index is 2.39. The van der Waals surface area contributed by atoms with Crippen LogP contribution in [-0.2, 0) is 0 Å². The molecule has 0 unspecified atom stereocenters. The molecule has 0 bridgehead atoms. The predicted octanol–water partition coefficient (Wildman–Crippen LogP) is 14.4. The molecule has 0 amide bonds. The van der Waals surface area contributed by atoms with Gasteiger partial charge in [-0.2, -0.15) is 0 Å². The van der Waals surface area contributed by atoms with E-state index in [4.69, 9.17) is 0 Å². The summed E-state index contributed by atoms with van der Waals surface area (Å²) in [6.45, 7) is 0. The summed E-state index contributed by atoms with van der Waals surface area (Å²) >= 11 is 5.58. The zero-order chi connectivity index (χ0) is 31.6. The summed E-state index contributed by atoms with van der Waals surface area (Å²) < 4.78 is 5.27. The van der Waals surface area contributed by atoms with Gasteiger partial charge in [-0.05, 0) is 105 Å². The molecule has 10 rings (SSSR count). The van der Waals surface area contributed by atoms with Gasteiger partial charge in [0.1, 0.15) is 0 Å². The zero-order valence-electron chi connectivity index (χ0n) is 25.8. The number of hydrogen-bond donors (Lipinski definition) is 0. The second-order valence-corrected chi connectivity index (χ2v) is 15.5. The standard InChI is InChI=1S/C44H27NS3/c1-2-8-31-24-43-38(23-30(31)7-1)37-22-21-36(27-44(37)48-43)45(34-17-13-28(14-18-34)41-25-32-9-3-5-11-39(32)46-41)35-19-15-29(16-20-35)42-26-33-10-4-6-12-40(33)47-42/h1-27H. The van der Waals surface area contributed by atoms with E-state index in [1.165, 1.54) is 72.0 Å². The van der Waals surface area contributed by atoms with Crippen molar-refractivity contribution >= 4 is 102 Å². The summed E-state index contributed by atoms with van der Waals surface area (Å²) in [5, 5.41) is 7.80. The molecule has 1 nitrogen and oxygen atoms in total. The lowest BCUT2D eigenvalue weighted by Gasteiger charge is -2.26. The van der Waals surface area contributed by atoms with Crippen LogP contribution in [0.5, 0.6) is 0 Å². The van der Waals surface area contributed by atoms with Gasteiger partial charge in [-0.15, -0.1) is 34.0 Å². The largest absolute Gasteiger partial charge is 0.310 e. The molecule has 3 aromatic heterocycles. The van der Waals surface area contributed by atoms with Crippen molar-refractivity contribution < 1.29 is 0 Å². The molecule has 0 N–H and O–H groups in total. The molecule has 0 saturated heterocycles. The first-order valence-electron chi connectivity index (χ1n) is 16.1. The SMILES string of the molecule is c1ccc2cc3c(cc2c1)sc1cc(N(c2ccc(-c4cc5ccccc5s4)cc2)c2ccc(-c4cc5ccccc5s4)cc2)ccc13. The number of benzene rings is 7. The van der Waals surface area contributed by atoms with E-state index >= 15 is 0 Å². The average molecular weight is 666 g/mol. The van der Waals surface area contributed by atoms with Gasteiger partial charge in [0.2, 0.25) is 0 Å². The van der Waals surface area contributed by atoms with E-state index < -0.39 is 0 Å². The molecule has 0 saturated carbocycles. The molecule has 0 aliphatic heterocycles. The zero-order valence-corrected chi connectivity index (χ0v) is 28.2. The average Bonchev–Trinajstić information content (AvgIpc) is 3.86. The van der Waals surface area contributed by atoms with Crippen molar-refractivity contribution in [2.75, 3.05) is 4.90 Å². The van der Waals surface area contributed by atoms with Gasteiger partial charge in [0.05, 0.1) is 0 Å². The summed E-state index contributed by atoms with van der Waals surface area (Å²) in [7, 11) is 0. The minimum atomic E-state index is 1.14. The summed E-state index contributed by atoms with van der Waals surface area (Å²) in [6, 6.07) is 60.3. The topological polar surface area (TPSA) is 3.24 Å². The van der Waals surface area contributed by atoms with E-state index in [1.54, 1.807) is 0 Å². The van der Waals surface area contributed by atoms with Crippen LogP contribution in [0.25, 0.3) is 72.0 Å². The molecule has 0 fully saturated rings. The van der Waals surface area contributed by atoms with Crippen LogP contribution < -0.4 is 4.90 Å². The Morgan fingerprint density at radius 2 is 0.792 bits per heavy atom. The summed E-state index contributed by atoms with van der Waals surface area (Å²) in [5.74, 6) is 0. The molecule has 0 spiro atoms. The summed E-state index contributed by atoms with van der Waals surface area (Å²) in [6.07, 6.45) is 0. The number of nitrogens with zero attached hydrogens (tertiary/aromatic N) is 1. The first-order valence-corrected chi connectivity index (χ1v) is 18.5. The van der Waals surface area contributed by atoms with E-state index in [2.05, 4.69) is 169 Å². The monoisotopic (exact) mass is 665 g/mol. The van der Waals surface area contributed by atoms with Gasteiger partial charge in [0.25, 0.3) is 0 Å². The van der Waals surface area contributed by atoms with E-state index in [1.807, 2.05) is 34.0 Å². The smallest absolute Gasteiger partial charge is 0.0476 e. The maximum atomic E-state index is 2.39. The molecular formula is C44H27NS3. The molecule has 10 aromatic rings. The minimum absolute atomic E-state index is 1.14. The Morgan fingerprint density at radius 1 is 0.312 bits per heavy atom. The molecule has 0 aliphatic rings. The second kappa shape index (κ2) is 11.2. The van der Waals surface area contributed by atoms with E-state index in [-0.39, 0.29) is 0 Å². The molecule has 3 heterocycles. The highest BCUT2D eigenvalue weighted by Gasteiger charge is 2.16. The van der Waals surface area contributed by atoms with Crippen LogP contribution in [0.1, 0.15) is 0 Å². The van der Waals surface area contributed by atoms with Crippen LogP contribution in [0.4, 0.5) is 17.1 Å². The quantitative estimate of drug-likeness (QED) is 0.177. The predicted molar refractivity (Wildman–Crippen MR) is 213 cm³/mol. The Kier molecular flexibility index (Phi) is 6.48. The third kappa shape index (κ3) is 4.72. The fourth-order valence-corrected chi connectivity index (χ4v) is 10.1. The van der Waals surface area contributed by atoms with Gasteiger partial charge in [0, 0.05) is 56.4 Å². The maximum Gasteiger partial charge on any atom is 0.0476 e. The first-order chi connectivity index (χ1) is 23.7. The molecule has 0 atom stereocenters. The van der Waals surface area contributed by atoms with Crippen molar-refractivity contribution in [2.45, 2.75) is 0 Å². The van der Waals surface area contributed by atoms with Gasteiger partial charge < -0.3 is 4.90 Å². The lowest BCUT2D eigenvalue weighted by molar-refractivity contribution is 1.29. The highest BCUT2D eigenvalue weighted by molar-refractivity contribution is 7.26. The van der Waals surface area contributed by atoms with Gasteiger partial charge in [-0.25, -0.2) is 0 Å². The Bertz CT molecular complexity index is 2600. The van der Waals surface area contributed by atoms with Crippen molar-refractivity contribution in [3.05, 3.63) is 164 Å². The van der Waals surface area contributed by atoms with Crippen LogP contribution in [0, 0.1) is 0 Å². The molecule has 7 aromatic carbocycles. The van der Waals surface area contributed by atoms with E-state index in [9.17, 15) is 0 Å². The third-order valence-corrected chi connectivity index (χ3v) is 12.7. The van der Waals surface area contributed by atoms with Crippen LogP contribution in [0.2, 0.25) is 0 Å². The van der Waals surface area contributed by atoms with Crippen molar-refractivity contribution in [1.82, 2.24) is 0 Å². The molecule has 0 aliphatic carbocycles. The van der Waals surface area contributed by atoms with E-state index in [0.717, 1.165) is 17.1 Å². The molecule has 4 heteroatoms. The van der Waals surface area contributed by atoms with E-state index in [0.29, 0.717) is 0 Å². The normalized spacial score (nSPS) is 11.8.